The molecule has 0 atom stereocenters. The van der Waals surface area contributed by atoms with Gasteiger partial charge in [-0.05, 0) is 46.8 Å². The molecule has 1 aromatic carbocycles. The van der Waals surface area contributed by atoms with E-state index in [1.807, 2.05) is 18.2 Å². The van der Waals surface area contributed by atoms with E-state index >= 15 is 0 Å². The summed E-state index contributed by atoms with van der Waals surface area (Å²) in [6.07, 6.45) is 2.45. The van der Waals surface area contributed by atoms with E-state index in [4.69, 9.17) is 11.6 Å². The van der Waals surface area contributed by atoms with Crippen molar-refractivity contribution in [2.75, 3.05) is 11.9 Å². The van der Waals surface area contributed by atoms with Crippen LogP contribution < -0.4 is 5.32 Å². The minimum Gasteiger partial charge on any atom is -0.384 e. The van der Waals surface area contributed by atoms with Crippen LogP contribution in [0, 0.1) is 5.92 Å². The Morgan fingerprint density at radius 2 is 2.13 bits per heavy atom. The number of rotatable bonds is 5. The molecular weight excluding hydrogens is 273 g/mol. The quantitative estimate of drug-likeness (QED) is 0.757. The smallest absolute Gasteiger partial charge is 0.0593 e. The number of hydrogen-bond donors (Lipinski definition) is 1. The summed E-state index contributed by atoms with van der Waals surface area (Å²) < 4.78 is 0.955. The van der Waals surface area contributed by atoms with Gasteiger partial charge in [0.2, 0.25) is 0 Å². The predicted molar refractivity (Wildman–Crippen MR) is 71.7 cm³/mol. The predicted octanol–water partition coefficient (Wildman–Crippen LogP) is 4.95. The molecule has 0 aliphatic heterocycles. The van der Waals surface area contributed by atoms with E-state index in [0.29, 0.717) is 0 Å². The fourth-order valence-electron chi connectivity index (χ4n) is 1.37. The maximum absolute atomic E-state index is 5.99. The van der Waals surface area contributed by atoms with E-state index in [-0.39, 0.29) is 0 Å². The molecule has 15 heavy (non-hydrogen) atoms. The molecule has 0 fully saturated rings. The molecule has 3 heteroatoms. The van der Waals surface area contributed by atoms with E-state index in [0.717, 1.165) is 27.6 Å². The monoisotopic (exact) mass is 289 g/mol. The fourth-order valence-corrected chi connectivity index (χ4v) is 1.95. The highest BCUT2D eigenvalue weighted by molar-refractivity contribution is 9.10. The summed E-state index contributed by atoms with van der Waals surface area (Å²) in [6, 6.07) is 5.87. The summed E-state index contributed by atoms with van der Waals surface area (Å²) >= 11 is 9.46. The van der Waals surface area contributed by atoms with E-state index in [9.17, 15) is 0 Å². The zero-order valence-electron chi connectivity index (χ0n) is 9.19. The fraction of sp³-hybridized carbons (Fsp3) is 0.500. The summed E-state index contributed by atoms with van der Waals surface area (Å²) in [4.78, 5) is 0. The number of anilines is 1. The molecule has 0 radical (unpaired) electrons. The Labute approximate surface area is 105 Å². The normalized spacial score (nSPS) is 10.7. The van der Waals surface area contributed by atoms with Crippen molar-refractivity contribution < 1.29 is 0 Å². The molecule has 84 valence electrons. The van der Waals surface area contributed by atoms with Gasteiger partial charge >= 0.3 is 0 Å². The minimum atomic E-state index is 0.754. The molecule has 0 unspecified atom stereocenters. The average molecular weight is 291 g/mol. The van der Waals surface area contributed by atoms with E-state index in [2.05, 4.69) is 35.1 Å². The highest BCUT2D eigenvalue weighted by atomic mass is 79.9. The molecule has 0 spiro atoms. The van der Waals surface area contributed by atoms with Crippen LogP contribution in [0.15, 0.2) is 22.7 Å². The van der Waals surface area contributed by atoms with Gasteiger partial charge in [-0.3, -0.25) is 0 Å². The van der Waals surface area contributed by atoms with Crippen molar-refractivity contribution in [1.29, 1.82) is 0 Å². The third kappa shape index (κ3) is 4.43. The Bertz CT molecular complexity index is 312. The highest BCUT2D eigenvalue weighted by Crippen LogP contribution is 2.29. The van der Waals surface area contributed by atoms with Gasteiger partial charge in [-0.2, -0.15) is 0 Å². The SMILES string of the molecule is CC(C)CCCNc1cccc(Cl)c1Br. The van der Waals surface area contributed by atoms with Gasteiger partial charge in [0.15, 0.2) is 0 Å². The molecule has 1 nitrogen and oxygen atoms in total. The van der Waals surface area contributed by atoms with Crippen LogP contribution in [0.25, 0.3) is 0 Å². The number of benzene rings is 1. The third-order valence-corrected chi connectivity index (χ3v) is 3.62. The lowest BCUT2D eigenvalue weighted by Gasteiger charge is -2.10. The highest BCUT2D eigenvalue weighted by Gasteiger charge is 2.02. The van der Waals surface area contributed by atoms with Crippen molar-refractivity contribution in [3.63, 3.8) is 0 Å². The molecule has 0 heterocycles. The maximum Gasteiger partial charge on any atom is 0.0593 e. The Morgan fingerprint density at radius 3 is 2.80 bits per heavy atom. The van der Waals surface area contributed by atoms with Crippen molar-refractivity contribution in [3.8, 4) is 0 Å². The Morgan fingerprint density at radius 1 is 1.40 bits per heavy atom. The van der Waals surface area contributed by atoms with Gasteiger partial charge in [0.25, 0.3) is 0 Å². The van der Waals surface area contributed by atoms with Crippen molar-refractivity contribution in [1.82, 2.24) is 0 Å². The molecule has 0 aliphatic carbocycles. The van der Waals surface area contributed by atoms with Crippen molar-refractivity contribution >= 4 is 33.2 Å². The average Bonchev–Trinajstić information content (AvgIpc) is 2.18. The lowest BCUT2D eigenvalue weighted by Crippen LogP contribution is -2.03. The zero-order chi connectivity index (χ0) is 11.3. The van der Waals surface area contributed by atoms with Gasteiger partial charge in [-0.25, -0.2) is 0 Å². The third-order valence-electron chi connectivity index (χ3n) is 2.23. The number of hydrogen-bond acceptors (Lipinski definition) is 1. The summed E-state index contributed by atoms with van der Waals surface area (Å²) in [7, 11) is 0. The first-order valence-electron chi connectivity index (χ1n) is 5.29. The van der Waals surface area contributed by atoms with Gasteiger partial charge in [0.1, 0.15) is 0 Å². The number of nitrogens with one attached hydrogen (secondary N) is 1. The second kappa shape index (κ2) is 6.39. The molecule has 1 N–H and O–H groups in total. The van der Waals surface area contributed by atoms with Crippen LogP contribution in [0.2, 0.25) is 5.02 Å². The zero-order valence-corrected chi connectivity index (χ0v) is 11.5. The lowest BCUT2D eigenvalue weighted by atomic mass is 10.1. The first kappa shape index (κ1) is 12.9. The van der Waals surface area contributed by atoms with Crippen LogP contribution in [-0.4, -0.2) is 6.54 Å². The molecule has 1 aromatic rings. The van der Waals surface area contributed by atoms with Gasteiger partial charge in [0, 0.05) is 12.2 Å². The molecule has 0 saturated carbocycles. The van der Waals surface area contributed by atoms with Gasteiger partial charge in [-0.1, -0.05) is 31.5 Å². The van der Waals surface area contributed by atoms with E-state index in [1.54, 1.807) is 0 Å². The van der Waals surface area contributed by atoms with Crippen molar-refractivity contribution in [2.24, 2.45) is 5.92 Å². The van der Waals surface area contributed by atoms with Gasteiger partial charge in [0.05, 0.1) is 9.50 Å². The lowest BCUT2D eigenvalue weighted by molar-refractivity contribution is 0.567. The van der Waals surface area contributed by atoms with Crippen LogP contribution in [0.1, 0.15) is 26.7 Å². The van der Waals surface area contributed by atoms with Crippen LogP contribution in [0.3, 0.4) is 0 Å². The van der Waals surface area contributed by atoms with Crippen molar-refractivity contribution in [3.05, 3.63) is 27.7 Å². The Kier molecular flexibility index (Phi) is 5.48. The van der Waals surface area contributed by atoms with Crippen LogP contribution in [-0.2, 0) is 0 Å². The summed E-state index contributed by atoms with van der Waals surface area (Å²) in [5.74, 6) is 0.773. The molecular formula is C12H17BrClN. The van der Waals surface area contributed by atoms with Crippen LogP contribution >= 0.6 is 27.5 Å². The summed E-state index contributed by atoms with van der Waals surface area (Å²) in [6.45, 7) is 5.49. The number of halogens is 2. The van der Waals surface area contributed by atoms with E-state index in [1.165, 1.54) is 12.8 Å². The molecule has 1 rings (SSSR count). The standard InChI is InChI=1S/C12H17BrClN/c1-9(2)5-4-8-15-11-7-3-6-10(14)12(11)13/h3,6-7,9,15H,4-5,8H2,1-2H3. The van der Waals surface area contributed by atoms with Gasteiger partial charge in [-0.15, -0.1) is 0 Å². The van der Waals surface area contributed by atoms with Crippen molar-refractivity contribution in [2.45, 2.75) is 26.7 Å². The first-order valence-corrected chi connectivity index (χ1v) is 6.46. The first-order chi connectivity index (χ1) is 7.11. The molecule has 0 aromatic heterocycles. The largest absolute Gasteiger partial charge is 0.384 e. The second-order valence-electron chi connectivity index (χ2n) is 4.06. The minimum absolute atomic E-state index is 0.754. The Balaban J connectivity index is 2.41. The van der Waals surface area contributed by atoms with E-state index < -0.39 is 0 Å². The molecule has 0 bridgehead atoms. The van der Waals surface area contributed by atoms with Crippen LogP contribution in [0.5, 0.6) is 0 Å². The maximum atomic E-state index is 5.99. The van der Waals surface area contributed by atoms with Gasteiger partial charge < -0.3 is 5.32 Å². The summed E-state index contributed by atoms with van der Waals surface area (Å²) in [5, 5.41) is 4.13. The molecule has 0 amide bonds. The summed E-state index contributed by atoms with van der Waals surface area (Å²) in [5.41, 5.74) is 1.08. The molecule has 0 aliphatic rings. The topological polar surface area (TPSA) is 12.0 Å². The second-order valence-corrected chi connectivity index (χ2v) is 5.26. The van der Waals surface area contributed by atoms with Crippen LogP contribution in [0.4, 0.5) is 5.69 Å². The molecule has 0 saturated heterocycles. The Hall–Kier alpha value is -0.210.